The fourth-order valence-electron chi connectivity index (χ4n) is 2.78. The lowest BCUT2D eigenvalue weighted by atomic mass is 9.79. The minimum atomic E-state index is -0.400. The Kier molecular flexibility index (Phi) is 5.22. The van der Waals surface area contributed by atoms with Gasteiger partial charge in [0.15, 0.2) is 6.29 Å². The molecule has 1 aliphatic rings. The molecule has 0 unspecified atom stereocenters. The van der Waals surface area contributed by atoms with Gasteiger partial charge in [-0.25, -0.2) is 0 Å². The van der Waals surface area contributed by atoms with E-state index < -0.39 is 7.12 Å². The molecule has 0 saturated carbocycles. The van der Waals surface area contributed by atoms with Crippen LogP contribution in [0.3, 0.4) is 0 Å². The smallest absolute Gasteiger partial charge is 0.488 e. The molecular weight excluding hydrogens is 343 g/mol. The zero-order chi connectivity index (χ0) is 19.7. The molecule has 0 N–H and O–H groups in total. The molecule has 1 aliphatic heterocycles. The van der Waals surface area contributed by atoms with Gasteiger partial charge in [-0.05, 0) is 56.9 Å². The number of ether oxygens (including phenoxy) is 1. The molecule has 2 aromatic rings. The highest BCUT2D eigenvalue weighted by Gasteiger charge is 2.51. The highest BCUT2D eigenvalue weighted by molar-refractivity contribution is 6.62. The molecule has 0 aliphatic carbocycles. The summed E-state index contributed by atoms with van der Waals surface area (Å²) in [5, 5.41) is 0. The van der Waals surface area contributed by atoms with Crippen molar-refractivity contribution >= 4 is 25.2 Å². The molecule has 0 amide bonds. The van der Waals surface area contributed by atoms with Gasteiger partial charge in [0.1, 0.15) is 18.6 Å². The molecule has 5 nitrogen and oxygen atoms in total. The van der Waals surface area contributed by atoms with Crippen molar-refractivity contribution in [1.82, 2.24) is 0 Å². The molecular formula is C21H23BO5. The SMILES string of the molecule is CC1(C)OB(c2ccc(COc3ccc(C=O)cc3C=O)cc2)OC1(C)C. The van der Waals surface area contributed by atoms with Crippen molar-refractivity contribution in [2.75, 3.05) is 0 Å². The molecule has 2 aromatic carbocycles. The van der Waals surface area contributed by atoms with E-state index >= 15 is 0 Å². The van der Waals surface area contributed by atoms with Crippen LogP contribution in [0.2, 0.25) is 0 Å². The summed E-state index contributed by atoms with van der Waals surface area (Å²) in [5.74, 6) is 0.450. The summed E-state index contributed by atoms with van der Waals surface area (Å²) in [6, 6.07) is 12.6. The number of carbonyl (C=O) groups excluding carboxylic acids is 2. The topological polar surface area (TPSA) is 61.8 Å². The van der Waals surface area contributed by atoms with Crippen LogP contribution in [0.15, 0.2) is 42.5 Å². The molecule has 1 heterocycles. The van der Waals surface area contributed by atoms with E-state index in [1.54, 1.807) is 12.1 Å². The predicted molar refractivity (Wildman–Crippen MR) is 104 cm³/mol. The number of aldehydes is 2. The van der Waals surface area contributed by atoms with E-state index in [0.717, 1.165) is 11.0 Å². The maximum Gasteiger partial charge on any atom is 0.494 e. The normalized spacial score (nSPS) is 17.6. The van der Waals surface area contributed by atoms with Crippen LogP contribution in [0, 0.1) is 0 Å². The number of hydrogen-bond acceptors (Lipinski definition) is 5. The van der Waals surface area contributed by atoms with Gasteiger partial charge in [-0.15, -0.1) is 0 Å². The molecule has 27 heavy (non-hydrogen) atoms. The van der Waals surface area contributed by atoms with Gasteiger partial charge in [-0.1, -0.05) is 24.3 Å². The Morgan fingerprint density at radius 1 is 0.926 bits per heavy atom. The Labute approximate surface area is 159 Å². The lowest BCUT2D eigenvalue weighted by Gasteiger charge is -2.32. The van der Waals surface area contributed by atoms with Crippen LogP contribution in [0.5, 0.6) is 5.75 Å². The van der Waals surface area contributed by atoms with Crippen LogP contribution in [-0.2, 0) is 15.9 Å². The highest BCUT2D eigenvalue weighted by atomic mass is 16.7. The maximum absolute atomic E-state index is 11.2. The predicted octanol–water partition coefficient (Wildman–Crippen LogP) is 3.19. The van der Waals surface area contributed by atoms with Gasteiger partial charge in [0, 0.05) is 5.56 Å². The Hall–Kier alpha value is -2.44. The fraction of sp³-hybridized carbons (Fsp3) is 0.333. The average Bonchev–Trinajstić information content (AvgIpc) is 2.87. The number of rotatable bonds is 6. The lowest BCUT2D eigenvalue weighted by Crippen LogP contribution is -2.41. The first kappa shape index (κ1) is 19.3. The first-order valence-corrected chi connectivity index (χ1v) is 8.87. The molecule has 0 aromatic heterocycles. The van der Waals surface area contributed by atoms with E-state index in [4.69, 9.17) is 14.0 Å². The standard InChI is InChI=1S/C21H23BO5/c1-20(2)21(3,4)27-22(26-20)18-8-5-15(6-9-18)14-25-19-10-7-16(12-23)11-17(19)13-24/h5-13H,14H2,1-4H3. The summed E-state index contributed by atoms with van der Waals surface area (Å²) in [7, 11) is -0.400. The minimum Gasteiger partial charge on any atom is -0.488 e. The van der Waals surface area contributed by atoms with Gasteiger partial charge in [-0.3, -0.25) is 9.59 Å². The van der Waals surface area contributed by atoms with Crippen LogP contribution in [0.1, 0.15) is 54.0 Å². The fourth-order valence-corrected chi connectivity index (χ4v) is 2.78. The Morgan fingerprint density at radius 2 is 1.56 bits per heavy atom. The molecule has 140 valence electrons. The van der Waals surface area contributed by atoms with E-state index in [9.17, 15) is 9.59 Å². The van der Waals surface area contributed by atoms with Crippen molar-refractivity contribution in [3.05, 3.63) is 59.2 Å². The Balaban J connectivity index is 1.67. The third kappa shape index (κ3) is 3.97. The van der Waals surface area contributed by atoms with Crippen LogP contribution in [-0.4, -0.2) is 30.9 Å². The summed E-state index contributed by atoms with van der Waals surface area (Å²) in [4.78, 5) is 22.0. The molecule has 0 radical (unpaired) electrons. The molecule has 1 fully saturated rings. The van der Waals surface area contributed by atoms with Crippen molar-refractivity contribution < 1.29 is 23.6 Å². The summed E-state index contributed by atoms with van der Waals surface area (Å²) in [6.45, 7) is 8.40. The van der Waals surface area contributed by atoms with Gasteiger partial charge in [0.2, 0.25) is 0 Å². The summed E-state index contributed by atoms with van der Waals surface area (Å²) in [5.41, 5.74) is 1.94. The van der Waals surface area contributed by atoms with E-state index in [1.807, 2.05) is 52.0 Å². The summed E-state index contributed by atoms with van der Waals surface area (Å²) >= 11 is 0. The third-order valence-electron chi connectivity index (χ3n) is 5.20. The summed E-state index contributed by atoms with van der Waals surface area (Å²) in [6.07, 6.45) is 1.38. The minimum absolute atomic E-state index is 0.310. The second-order valence-corrected chi connectivity index (χ2v) is 7.65. The van der Waals surface area contributed by atoms with Crippen LogP contribution < -0.4 is 10.2 Å². The first-order valence-electron chi connectivity index (χ1n) is 8.87. The maximum atomic E-state index is 11.2. The van der Waals surface area contributed by atoms with E-state index in [2.05, 4.69) is 0 Å². The molecule has 0 spiro atoms. The zero-order valence-corrected chi connectivity index (χ0v) is 16.0. The highest BCUT2D eigenvalue weighted by Crippen LogP contribution is 2.36. The van der Waals surface area contributed by atoms with Gasteiger partial charge in [-0.2, -0.15) is 0 Å². The number of carbonyl (C=O) groups is 2. The van der Waals surface area contributed by atoms with Crippen molar-refractivity contribution in [2.24, 2.45) is 0 Å². The van der Waals surface area contributed by atoms with Crippen LogP contribution >= 0.6 is 0 Å². The number of hydrogen-bond donors (Lipinski definition) is 0. The monoisotopic (exact) mass is 366 g/mol. The van der Waals surface area contributed by atoms with Crippen molar-refractivity contribution in [3.63, 3.8) is 0 Å². The largest absolute Gasteiger partial charge is 0.494 e. The van der Waals surface area contributed by atoms with E-state index in [0.29, 0.717) is 36.1 Å². The van der Waals surface area contributed by atoms with Gasteiger partial charge in [0.05, 0.1) is 16.8 Å². The van der Waals surface area contributed by atoms with Crippen LogP contribution in [0.4, 0.5) is 0 Å². The Morgan fingerprint density at radius 3 is 2.11 bits per heavy atom. The van der Waals surface area contributed by atoms with Gasteiger partial charge >= 0.3 is 7.12 Å². The number of benzene rings is 2. The molecule has 0 atom stereocenters. The lowest BCUT2D eigenvalue weighted by molar-refractivity contribution is 0.00578. The molecule has 0 bridgehead atoms. The van der Waals surface area contributed by atoms with Crippen molar-refractivity contribution in [1.29, 1.82) is 0 Å². The van der Waals surface area contributed by atoms with Gasteiger partial charge in [0.25, 0.3) is 0 Å². The van der Waals surface area contributed by atoms with Crippen molar-refractivity contribution in [3.8, 4) is 5.75 Å². The summed E-state index contributed by atoms with van der Waals surface area (Å²) < 4.78 is 17.8. The second-order valence-electron chi connectivity index (χ2n) is 7.65. The first-order chi connectivity index (χ1) is 12.8. The van der Waals surface area contributed by atoms with Gasteiger partial charge < -0.3 is 14.0 Å². The van der Waals surface area contributed by atoms with E-state index in [1.165, 1.54) is 6.07 Å². The molecule has 1 saturated heterocycles. The second kappa shape index (κ2) is 7.29. The average molecular weight is 366 g/mol. The van der Waals surface area contributed by atoms with E-state index in [-0.39, 0.29) is 11.2 Å². The zero-order valence-electron chi connectivity index (χ0n) is 16.0. The third-order valence-corrected chi connectivity index (χ3v) is 5.20. The van der Waals surface area contributed by atoms with Crippen LogP contribution in [0.25, 0.3) is 0 Å². The quantitative estimate of drug-likeness (QED) is 0.581. The Bertz CT molecular complexity index is 826. The van der Waals surface area contributed by atoms with Crippen molar-refractivity contribution in [2.45, 2.75) is 45.5 Å². The molecule has 6 heteroatoms. The molecule has 3 rings (SSSR count).